The predicted molar refractivity (Wildman–Crippen MR) is 250 cm³/mol. The normalized spacial score (nSPS) is 18.9. The van der Waals surface area contributed by atoms with Gasteiger partial charge in [0.15, 0.2) is 23.0 Å². The molecule has 4 nitrogen and oxygen atoms in total. The summed E-state index contributed by atoms with van der Waals surface area (Å²) in [7, 11) is 0. The molecule has 0 fully saturated rings. The van der Waals surface area contributed by atoms with E-state index in [1.807, 2.05) is 42.5 Å². The van der Waals surface area contributed by atoms with Crippen LogP contribution in [-0.4, -0.2) is 5.71 Å². The molecule has 61 heavy (non-hydrogen) atoms. The Bertz CT molecular complexity index is 3020. The van der Waals surface area contributed by atoms with Crippen LogP contribution in [0.5, 0.6) is 23.0 Å². The topological polar surface area (TPSA) is 56.8 Å². The number of hydrogen-bond donors (Lipinski definition) is 1. The van der Waals surface area contributed by atoms with Gasteiger partial charge in [0.1, 0.15) is 0 Å². The number of para-hydroxylation sites is 1. The van der Waals surface area contributed by atoms with Crippen molar-refractivity contribution in [3.05, 3.63) is 239 Å². The van der Waals surface area contributed by atoms with Crippen LogP contribution in [0.15, 0.2) is 211 Å². The standard InChI is InChI=1S/C57H44N2O2/c58-50(41-16-4-1-5-17-41)36-51(59-37-38-27-28-39-15-10-11-18-43(39)35-38)42-31-29-40(30-32-42)46-24-14-26-52-55(46)60-53-34-33-49-54(56(53)61-52)47-23-12-13-25-48(47)57(49,44-19-6-2-7-20-44)45-21-8-3-9-22-45/h1-11,13-21,24-36,45H,12,22-23,37,58H2/b50-36-,59-51?. The molecule has 0 bridgehead atoms. The van der Waals surface area contributed by atoms with Crippen molar-refractivity contribution in [3.63, 3.8) is 0 Å². The van der Waals surface area contributed by atoms with Crippen molar-refractivity contribution >= 4 is 27.8 Å². The number of nitrogens with two attached hydrogens (primary N) is 1. The van der Waals surface area contributed by atoms with Gasteiger partial charge in [-0.3, -0.25) is 4.99 Å². The molecule has 7 aromatic carbocycles. The van der Waals surface area contributed by atoms with Crippen LogP contribution in [0, 0.1) is 5.92 Å². The van der Waals surface area contributed by atoms with Gasteiger partial charge in [-0.25, -0.2) is 0 Å². The number of hydrogen-bond acceptors (Lipinski definition) is 4. The molecule has 0 radical (unpaired) electrons. The van der Waals surface area contributed by atoms with Crippen molar-refractivity contribution in [2.75, 3.05) is 0 Å². The number of nitrogens with zero attached hydrogens (tertiary/aromatic N) is 1. The maximum atomic E-state index is 7.04. The van der Waals surface area contributed by atoms with Crippen molar-refractivity contribution in [2.24, 2.45) is 16.6 Å². The molecule has 2 unspecified atom stereocenters. The molecule has 0 saturated carbocycles. The zero-order chi connectivity index (χ0) is 40.8. The summed E-state index contributed by atoms with van der Waals surface area (Å²) in [5.41, 5.74) is 19.4. The van der Waals surface area contributed by atoms with E-state index < -0.39 is 0 Å². The molecule has 294 valence electrons. The van der Waals surface area contributed by atoms with Gasteiger partial charge in [-0.05, 0) is 105 Å². The predicted octanol–water partition coefficient (Wildman–Crippen LogP) is 13.9. The maximum Gasteiger partial charge on any atom is 0.177 e. The highest BCUT2D eigenvalue weighted by atomic mass is 16.6. The molecule has 7 aromatic rings. The molecule has 4 heteroatoms. The van der Waals surface area contributed by atoms with Crippen molar-refractivity contribution in [2.45, 2.75) is 31.2 Å². The molecular formula is C57H44N2O2. The van der Waals surface area contributed by atoms with Crippen LogP contribution in [0.3, 0.4) is 0 Å². The molecule has 2 atom stereocenters. The molecular weight excluding hydrogens is 745 g/mol. The smallest absolute Gasteiger partial charge is 0.177 e. The monoisotopic (exact) mass is 788 g/mol. The lowest BCUT2D eigenvalue weighted by molar-refractivity contribution is 0.358. The Kier molecular flexibility index (Phi) is 9.19. The van der Waals surface area contributed by atoms with E-state index in [0.717, 1.165) is 64.3 Å². The lowest BCUT2D eigenvalue weighted by Crippen LogP contribution is -2.36. The number of fused-ring (bicyclic) bond motifs is 6. The van der Waals surface area contributed by atoms with Crippen molar-refractivity contribution in [1.29, 1.82) is 0 Å². The average Bonchev–Trinajstić information content (AvgIpc) is 3.64. The van der Waals surface area contributed by atoms with Gasteiger partial charge in [0.2, 0.25) is 0 Å². The van der Waals surface area contributed by atoms with E-state index in [0.29, 0.717) is 23.7 Å². The molecule has 3 aliphatic carbocycles. The zero-order valence-electron chi connectivity index (χ0n) is 33.8. The van der Waals surface area contributed by atoms with Crippen LogP contribution in [-0.2, 0) is 12.0 Å². The van der Waals surface area contributed by atoms with Crippen LogP contribution in [0.2, 0.25) is 0 Å². The molecule has 0 amide bonds. The quantitative estimate of drug-likeness (QED) is 0.156. The van der Waals surface area contributed by atoms with Gasteiger partial charge < -0.3 is 15.2 Å². The van der Waals surface area contributed by atoms with Crippen molar-refractivity contribution in [3.8, 4) is 34.1 Å². The first-order chi connectivity index (χ1) is 30.1. The molecule has 11 rings (SSSR count). The summed E-state index contributed by atoms with van der Waals surface area (Å²) < 4.78 is 14.0. The Morgan fingerprint density at radius 1 is 0.689 bits per heavy atom. The second-order valence-corrected chi connectivity index (χ2v) is 16.2. The Labute approximate surface area is 357 Å². The molecule has 0 spiro atoms. The highest BCUT2D eigenvalue weighted by molar-refractivity contribution is 6.12. The number of allylic oxidation sites excluding steroid dienone is 9. The summed E-state index contributed by atoms with van der Waals surface area (Å²) in [6.07, 6.45) is 18.7. The Morgan fingerprint density at radius 3 is 2.28 bits per heavy atom. The minimum absolute atomic E-state index is 0.257. The van der Waals surface area contributed by atoms with E-state index in [4.69, 9.17) is 20.2 Å². The van der Waals surface area contributed by atoms with Gasteiger partial charge in [-0.2, -0.15) is 0 Å². The van der Waals surface area contributed by atoms with Crippen LogP contribution in [0.25, 0.3) is 33.2 Å². The summed E-state index contributed by atoms with van der Waals surface area (Å²) in [6, 6.07) is 55.2. The van der Waals surface area contributed by atoms with Gasteiger partial charge in [0.25, 0.3) is 0 Å². The molecule has 4 aliphatic rings. The first kappa shape index (κ1) is 36.6. The Morgan fingerprint density at radius 2 is 1.46 bits per heavy atom. The zero-order valence-corrected chi connectivity index (χ0v) is 33.8. The summed E-state index contributed by atoms with van der Waals surface area (Å²) in [5, 5.41) is 2.42. The van der Waals surface area contributed by atoms with E-state index in [1.54, 1.807) is 0 Å². The first-order valence-electron chi connectivity index (χ1n) is 21.3. The van der Waals surface area contributed by atoms with Crippen LogP contribution < -0.4 is 15.2 Å². The Hall–Kier alpha value is -7.43. The van der Waals surface area contributed by atoms with E-state index in [-0.39, 0.29) is 11.3 Å². The lowest BCUT2D eigenvalue weighted by atomic mass is 9.61. The van der Waals surface area contributed by atoms with Gasteiger partial charge in [0, 0.05) is 16.8 Å². The molecule has 0 aromatic heterocycles. The summed E-state index contributed by atoms with van der Waals surface area (Å²) in [6.45, 7) is 0.524. The second kappa shape index (κ2) is 15.3. The van der Waals surface area contributed by atoms with Crippen molar-refractivity contribution in [1.82, 2.24) is 0 Å². The third-order valence-corrected chi connectivity index (χ3v) is 12.7. The maximum absolute atomic E-state index is 7.04. The summed E-state index contributed by atoms with van der Waals surface area (Å²) in [5.74, 6) is 3.23. The number of rotatable bonds is 8. The third-order valence-electron chi connectivity index (χ3n) is 12.7. The lowest BCUT2D eigenvalue weighted by Gasteiger charge is -2.41. The summed E-state index contributed by atoms with van der Waals surface area (Å²) >= 11 is 0. The SMILES string of the molecule is N/C(=C\C(=NCc1ccc2ccccc2c1)c1ccc(-c2cccc3c2Oc2ccc4c(c2O3)C2=C(C=CCC2)C4(c2ccccc2)C2C=CC=CC2)cc1)c1ccccc1. The fourth-order valence-electron chi connectivity index (χ4n) is 9.90. The highest BCUT2D eigenvalue weighted by Crippen LogP contribution is 2.63. The van der Waals surface area contributed by atoms with Gasteiger partial charge in [-0.1, -0.05) is 176 Å². The van der Waals surface area contributed by atoms with E-state index in [2.05, 4.69) is 158 Å². The number of aliphatic imine (C=N–C) groups is 1. The number of ether oxygens (including phenoxy) is 2. The molecule has 0 saturated heterocycles. The molecule has 1 heterocycles. The third kappa shape index (κ3) is 6.34. The molecule has 2 N–H and O–H groups in total. The second-order valence-electron chi connectivity index (χ2n) is 16.2. The first-order valence-corrected chi connectivity index (χ1v) is 21.3. The minimum Gasteiger partial charge on any atom is -0.449 e. The molecule has 1 aliphatic heterocycles. The Balaban J connectivity index is 0.952. The van der Waals surface area contributed by atoms with Crippen LogP contribution >= 0.6 is 0 Å². The fourth-order valence-corrected chi connectivity index (χ4v) is 9.90. The van der Waals surface area contributed by atoms with E-state index in [1.165, 1.54) is 38.6 Å². The van der Waals surface area contributed by atoms with Crippen molar-refractivity contribution < 1.29 is 9.47 Å². The minimum atomic E-state index is -0.342. The van der Waals surface area contributed by atoms with Gasteiger partial charge in [0.05, 0.1) is 17.7 Å². The average molecular weight is 789 g/mol. The van der Waals surface area contributed by atoms with Crippen LogP contribution in [0.1, 0.15) is 52.6 Å². The van der Waals surface area contributed by atoms with Crippen LogP contribution in [0.4, 0.5) is 0 Å². The van der Waals surface area contributed by atoms with Gasteiger partial charge >= 0.3 is 0 Å². The van der Waals surface area contributed by atoms with E-state index in [9.17, 15) is 0 Å². The summed E-state index contributed by atoms with van der Waals surface area (Å²) in [4.78, 5) is 5.15. The largest absolute Gasteiger partial charge is 0.449 e. The fraction of sp³-hybridized carbons (Fsp3) is 0.105. The van der Waals surface area contributed by atoms with Gasteiger partial charge in [-0.15, -0.1) is 0 Å². The highest BCUT2D eigenvalue weighted by Gasteiger charge is 2.51. The van der Waals surface area contributed by atoms with E-state index >= 15 is 0 Å². The number of benzene rings is 7.